The molecule has 0 unspecified atom stereocenters. The minimum absolute atomic E-state index is 0.0937. The molecule has 9 heteroatoms. The topological polar surface area (TPSA) is 104 Å². The van der Waals surface area contributed by atoms with Crippen LogP contribution in [0.1, 0.15) is 0 Å². The van der Waals surface area contributed by atoms with Gasteiger partial charge in [0.2, 0.25) is 0 Å². The summed E-state index contributed by atoms with van der Waals surface area (Å²) in [6, 6.07) is 14.0. The number of hydrogen-bond acceptors (Lipinski definition) is 6. The lowest BCUT2D eigenvalue weighted by molar-refractivity contribution is 0.00356. The number of ether oxygens (including phenoxy) is 4. The standard InChI is InChI=1S/C18H25O8P/c19-27(20,21)26-15-13-24-11-9-22-8-10-23-12-14-25-18-7-3-5-16-4-1-2-6-17(16)18/h1-7H,8-15H2,(H2,19,20,21). The molecule has 0 amide bonds. The van der Waals surface area contributed by atoms with Gasteiger partial charge in [-0.15, -0.1) is 0 Å². The molecular formula is C18H25O8P. The highest BCUT2D eigenvalue weighted by Crippen LogP contribution is 2.35. The first kappa shape index (κ1) is 21.8. The van der Waals surface area contributed by atoms with E-state index < -0.39 is 7.82 Å². The molecule has 0 heterocycles. The summed E-state index contributed by atoms with van der Waals surface area (Å²) in [6.45, 7) is 2.40. The third-order valence-corrected chi connectivity index (χ3v) is 3.98. The van der Waals surface area contributed by atoms with Crippen LogP contribution in [0.25, 0.3) is 10.8 Å². The molecule has 2 rings (SSSR count). The van der Waals surface area contributed by atoms with Gasteiger partial charge in [-0.3, -0.25) is 4.52 Å². The second kappa shape index (κ2) is 12.0. The second-order valence-corrected chi connectivity index (χ2v) is 6.73. The Hall–Kier alpha value is -1.51. The Morgan fingerprint density at radius 2 is 1.26 bits per heavy atom. The van der Waals surface area contributed by atoms with E-state index in [-0.39, 0.29) is 13.2 Å². The number of phosphoric acid groups is 1. The van der Waals surface area contributed by atoms with Crippen molar-refractivity contribution in [1.29, 1.82) is 0 Å². The van der Waals surface area contributed by atoms with Gasteiger partial charge in [0.25, 0.3) is 0 Å². The molecule has 0 bridgehead atoms. The summed E-state index contributed by atoms with van der Waals surface area (Å²) in [5.74, 6) is 0.841. The van der Waals surface area contributed by atoms with Crippen LogP contribution in [0.2, 0.25) is 0 Å². The Morgan fingerprint density at radius 3 is 1.93 bits per heavy atom. The van der Waals surface area contributed by atoms with Crippen LogP contribution >= 0.6 is 7.82 Å². The Bertz CT molecular complexity index is 712. The van der Waals surface area contributed by atoms with Gasteiger partial charge in [-0.05, 0) is 11.5 Å². The van der Waals surface area contributed by atoms with Crippen molar-refractivity contribution >= 4 is 18.6 Å². The summed E-state index contributed by atoms with van der Waals surface area (Å²) in [5, 5.41) is 2.22. The monoisotopic (exact) mass is 400 g/mol. The van der Waals surface area contributed by atoms with E-state index in [1.54, 1.807) is 0 Å². The van der Waals surface area contributed by atoms with Gasteiger partial charge < -0.3 is 28.7 Å². The lowest BCUT2D eigenvalue weighted by Crippen LogP contribution is -2.13. The largest absolute Gasteiger partial charge is 0.491 e. The smallest absolute Gasteiger partial charge is 0.469 e. The minimum Gasteiger partial charge on any atom is -0.491 e. The van der Waals surface area contributed by atoms with Gasteiger partial charge in [0.05, 0.1) is 46.2 Å². The van der Waals surface area contributed by atoms with Crippen LogP contribution in [0.15, 0.2) is 42.5 Å². The molecule has 0 aliphatic heterocycles. The van der Waals surface area contributed by atoms with Crippen LogP contribution < -0.4 is 4.74 Å². The maximum Gasteiger partial charge on any atom is 0.469 e. The molecule has 0 fully saturated rings. The zero-order valence-corrected chi connectivity index (χ0v) is 15.9. The maximum atomic E-state index is 10.4. The molecule has 0 aliphatic rings. The summed E-state index contributed by atoms with van der Waals surface area (Å²) >= 11 is 0. The number of fused-ring (bicyclic) bond motifs is 1. The fourth-order valence-corrected chi connectivity index (χ4v) is 2.60. The molecule has 2 aromatic rings. The van der Waals surface area contributed by atoms with Gasteiger partial charge in [-0.1, -0.05) is 36.4 Å². The fourth-order valence-electron chi connectivity index (χ4n) is 2.29. The Balaban J connectivity index is 1.43. The molecule has 0 aliphatic carbocycles. The normalized spacial score (nSPS) is 11.8. The molecular weight excluding hydrogens is 375 g/mol. The van der Waals surface area contributed by atoms with Gasteiger partial charge in [0.15, 0.2) is 0 Å². The average Bonchev–Trinajstić information content (AvgIpc) is 2.64. The predicted octanol–water partition coefficient (Wildman–Crippen LogP) is 2.38. The minimum atomic E-state index is -4.42. The zero-order valence-electron chi connectivity index (χ0n) is 15.0. The second-order valence-electron chi connectivity index (χ2n) is 5.49. The quantitative estimate of drug-likeness (QED) is 0.368. The van der Waals surface area contributed by atoms with Crippen molar-refractivity contribution in [3.8, 4) is 5.75 Å². The number of rotatable bonds is 14. The molecule has 0 saturated heterocycles. The lowest BCUT2D eigenvalue weighted by Gasteiger charge is -2.10. The van der Waals surface area contributed by atoms with E-state index in [0.717, 1.165) is 16.5 Å². The van der Waals surface area contributed by atoms with Crippen molar-refractivity contribution < 1.29 is 37.8 Å². The molecule has 0 atom stereocenters. The van der Waals surface area contributed by atoms with Gasteiger partial charge in [-0.2, -0.15) is 0 Å². The van der Waals surface area contributed by atoms with Crippen LogP contribution in [0.4, 0.5) is 0 Å². The molecule has 8 nitrogen and oxygen atoms in total. The first-order valence-electron chi connectivity index (χ1n) is 8.60. The number of phosphoric ester groups is 1. The van der Waals surface area contributed by atoms with E-state index in [1.165, 1.54) is 0 Å². The van der Waals surface area contributed by atoms with Crippen LogP contribution in [0.5, 0.6) is 5.75 Å². The Kier molecular flexibility index (Phi) is 9.72. The van der Waals surface area contributed by atoms with Crippen molar-refractivity contribution in [2.45, 2.75) is 0 Å². The van der Waals surface area contributed by atoms with Gasteiger partial charge in [0.1, 0.15) is 12.4 Å². The third kappa shape index (κ3) is 9.30. The van der Waals surface area contributed by atoms with Crippen LogP contribution in [-0.4, -0.2) is 62.6 Å². The average molecular weight is 400 g/mol. The van der Waals surface area contributed by atoms with Crippen molar-refractivity contribution in [3.05, 3.63) is 42.5 Å². The van der Waals surface area contributed by atoms with Crippen molar-refractivity contribution in [2.24, 2.45) is 0 Å². The maximum absolute atomic E-state index is 10.4. The zero-order chi connectivity index (χ0) is 19.4. The molecule has 27 heavy (non-hydrogen) atoms. The van der Waals surface area contributed by atoms with E-state index in [0.29, 0.717) is 39.6 Å². The molecule has 0 spiro atoms. The molecule has 0 saturated carbocycles. The van der Waals surface area contributed by atoms with Gasteiger partial charge >= 0.3 is 7.82 Å². The first-order valence-corrected chi connectivity index (χ1v) is 10.1. The van der Waals surface area contributed by atoms with E-state index in [9.17, 15) is 4.57 Å². The van der Waals surface area contributed by atoms with Crippen molar-refractivity contribution in [3.63, 3.8) is 0 Å². The summed E-state index contributed by atoms with van der Waals surface area (Å²) < 4.78 is 36.3. The first-order chi connectivity index (χ1) is 13.1. The van der Waals surface area contributed by atoms with Crippen LogP contribution in [0.3, 0.4) is 0 Å². The highest BCUT2D eigenvalue weighted by molar-refractivity contribution is 7.46. The van der Waals surface area contributed by atoms with E-state index in [2.05, 4.69) is 4.52 Å². The van der Waals surface area contributed by atoms with Crippen LogP contribution in [0, 0.1) is 0 Å². The van der Waals surface area contributed by atoms with E-state index >= 15 is 0 Å². The number of benzene rings is 2. The van der Waals surface area contributed by atoms with Crippen molar-refractivity contribution in [2.75, 3.05) is 52.9 Å². The van der Waals surface area contributed by atoms with E-state index in [1.807, 2.05) is 42.5 Å². The summed E-state index contributed by atoms with van der Waals surface area (Å²) in [7, 11) is -4.42. The Labute approximate surface area is 158 Å². The molecule has 0 aromatic heterocycles. The van der Waals surface area contributed by atoms with Gasteiger partial charge in [-0.25, -0.2) is 4.57 Å². The Morgan fingerprint density at radius 1 is 0.704 bits per heavy atom. The lowest BCUT2D eigenvalue weighted by atomic mass is 10.1. The summed E-state index contributed by atoms with van der Waals surface area (Å²) in [4.78, 5) is 17.0. The van der Waals surface area contributed by atoms with Gasteiger partial charge in [0, 0.05) is 5.39 Å². The highest BCUT2D eigenvalue weighted by atomic mass is 31.2. The molecule has 0 radical (unpaired) electrons. The SMILES string of the molecule is O=P(O)(O)OCCOCCOCCOCCOc1cccc2ccccc12. The van der Waals surface area contributed by atoms with Crippen LogP contribution in [-0.2, 0) is 23.3 Å². The third-order valence-electron chi connectivity index (χ3n) is 3.47. The summed E-state index contributed by atoms with van der Waals surface area (Å²) in [6.07, 6.45) is 0. The number of hydrogen-bond donors (Lipinski definition) is 2. The molecule has 2 N–H and O–H groups in total. The molecule has 2 aromatic carbocycles. The van der Waals surface area contributed by atoms with E-state index in [4.69, 9.17) is 28.7 Å². The summed E-state index contributed by atoms with van der Waals surface area (Å²) in [5.41, 5.74) is 0. The molecule has 150 valence electrons. The predicted molar refractivity (Wildman–Crippen MR) is 99.9 cm³/mol. The highest BCUT2D eigenvalue weighted by Gasteiger charge is 2.12. The van der Waals surface area contributed by atoms with Crippen molar-refractivity contribution in [1.82, 2.24) is 0 Å². The fraction of sp³-hybridized carbons (Fsp3) is 0.444.